The van der Waals surface area contributed by atoms with Gasteiger partial charge in [0.05, 0.1) is 5.52 Å². The molecule has 1 fully saturated rings. The van der Waals surface area contributed by atoms with Crippen LogP contribution in [0.15, 0.2) is 54.7 Å². The molecule has 0 radical (unpaired) electrons. The maximum absolute atomic E-state index is 10.5. The first-order chi connectivity index (χ1) is 13.7. The van der Waals surface area contributed by atoms with Crippen LogP contribution >= 0.6 is 0 Å². The predicted molar refractivity (Wildman–Crippen MR) is 113 cm³/mol. The summed E-state index contributed by atoms with van der Waals surface area (Å²) < 4.78 is 6.24. The number of rotatable bonds is 6. The third kappa shape index (κ3) is 4.23. The quantitative estimate of drug-likeness (QED) is 0.590. The van der Waals surface area contributed by atoms with Gasteiger partial charge < -0.3 is 14.4 Å². The Balaban J connectivity index is 1.43. The summed E-state index contributed by atoms with van der Waals surface area (Å²) in [5, 5.41) is 1.15. The smallest absolute Gasteiger partial charge is 0.121 e. The van der Waals surface area contributed by atoms with Gasteiger partial charge in [-0.2, -0.15) is 0 Å². The number of benzene rings is 2. The van der Waals surface area contributed by atoms with Crippen molar-refractivity contribution in [2.75, 3.05) is 19.6 Å². The zero-order chi connectivity index (χ0) is 19.3. The van der Waals surface area contributed by atoms with Crippen molar-refractivity contribution >= 4 is 17.2 Å². The fourth-order valence-corrected chi connectivity index (χ4v) is 3.93. The summed E-state index contributed by atoms with van der Waals surface area (Å²) in [6.07, 6.45) is 5.83. The Kier molecular flexibility index (Phi) is 5.68. The van der Waals surface area contributed by atoms with Gasteiger partial charge in [0.1, 0.15) is 18.1 Å². The summed E-state index contributed by atoms with van der Waals surface area (Å²) in [5.74, 6) is 0.932. The van der Waals surface area contributed by atoms with E-state index in [0.29, 0.717) is 6.42 Å². The van der Waals surface area contributed by atoms with Crippen LogP contribution in [0.4, 0.5) is 0 Å². The molecule has 4 rings (SSSR count). The van der Waals surface area contributed by atoms with Crippen LogP contribution in [-0.2, 0) is 4.79 Å². The molecule has 1 aliphatic rings. The molecule has 4 heteroatoms. The lowest BCUT2D eigenvalue weighted by molar-refractivity contribution is -0.108. The van der Waals surface area contributed by atoms with Crippen molar-refractivity contribution in [2.24, 2.45) is 0 Å². The molecule has 0 atom stereocenters. The summed E-state index contributed by atoms with van der Waals surface area (Å²) in [5.41, 5.74) is 4.53. The number of ether oxygens (including phenoxy) is 1. The third-order valence-corrected chi connectivity index (χ3v) is 5.50. The minimum atomic E-state index is 0.250. The van der Waals surface area contributed by atoms with E-state index >= 15 is 0 Å². The van der Waals surface area contributed by atoms with Gasteiger partial charge in [0.25, 0.3) is 0 Å². The van der Waals surface area contributed by atoms with E-state index in [1.54, 1.807) is 0 Å². The first-order valence-electron chi connectivity index (χ1n) is 10.0. The topological polar surface area (TPSA) is 42.4 Å². The third-order valence-electron chi connectivity index (χ3n) is 5.50. The molecule has 4 nitrogen and oxygen atoms in total. The van der Waals surface area contributed by atoms with Crippen molar-refractivity contribution < 1.29 is 9.53 Å². The Morgan fingerprint density at radius 1 is 1.14 bits per heavy atom. The van der Waals surface area contributed by atoms with Gasteiger partial charge in [0.2, 0.25) is 0 Å². The Morgan fingerprint density at radius 3 is 2.75 bits per heavy atom. The van der Waals surface area contributed by atoms with Crippen LogP contribution in [-0.4, -0.2) is 41.9 Å². The molecule has 2 heterocycles. The van der Waals surface area contributed by atoms with Crippen LogP contribution in [0, 0.1) is 6.92 Å². The summed E-state index contributed by atoms with van der Waals surface area (Å²) >= 11 is 0. The minimum absolute atomic E-state index is 0.250. The number of hydrogen-bond donors (Lipinski definition) is 0. The van der Waals surface area contributed by atoms with Gasteiger partial charge in [-0.05, 0) is 55.2 Å². The van der Waals surface area contributed by atoms with E-state index < -0.39 is 0 Å². The number of para-hydroxylation sites is 1. The molecule has 2 aromatic carbocycles. The van der Waals surface area contributed by atoms with Gasteiger partial charge >= 0.3 is 0 Å². The molecule has 1 aliphatic heterocycles. The highest BCUT2D eigenvalue weighted by Gasteiger charge is 2.20. The second kappa shape index (κ2) is 8.53. The molecule has 0 spiro atoms. The predicted octanol–water partition coefficient (Wildman–Crippen LogP) is 4.64. The number of aryl methyl sites for hydroxylation is 1. The molecule has 0 bridgehead atoms. The van der Waals surface area contributed by atoms with Crippen molar-refractivity contribution in [1.82, 2.24) is 9.88 Å². The van der Waals surface area contributed by atoms with Crippen LogP contribution in [0.25, 0.3) is 22.0 Å². The lowest BCUT2D eigenvalue weighted by atomic mass is 10.0. The summed E-state index contributed by atoms with van der Waals surface area (Å²) in [4.78, 5) is 17.5. The minimum Gasteiger partial charge on any atom is -0.490 e. The highest BCUT2D eigenvalue weighted by atomic mass is 16.5. The average Bonchev–Trinajstić information content (AvgIpc) is 2.73. The van der Waals surface area contributed by atoms with Gasteiger partial charge in [-0.3, -0.25) is 4.98 Å². The van der Waals surface area contributed by atoms with Crippen molar-refractivity contribution in [3.63, 3.8) is 0 Å². The molecule has 0 unspecified atom stereocenters. The molecule has 0 N–H and O–H groups in total. The van der Waals surface area contributed by atoms with Crippen molar-refractivity contribution in [2.45, 2.75) is 32.3 Å². The largest absolute Gasteiger partial charge is 0.490 e. The standard InChI is InChI=1S/C24H26N2O2/c1-18-15-22(28-21-9-12-26(13-10-21)11-4-14-27)7-8-23(18)20-16-19-5-2-3-6-24(19)25-17-20/h2-3,5-8,14-17,21H,4,9-13H2,1H3. The lowest BCUT2D eigenvalue weighted by Gasteiger charge is -2.31. The number of pyridine rings is 1. The Morgan fingerprint density at radius 2 is 1.96 bits per heavy atom. The van der Waals surface area contributed by atoms with E-state index in [-0.39, 0.29) is 6.10 Å². The first-order valence-corrected chi connectivity index (χ1v) is 10.0. The van der Waals surface area contributed by atoms with E-state index in [2.05, 4.69) is 47.1 Å². The Bertz CT molecular complexity index is 962. The van der Waals surface area contributed by atoms with E-state index in [1.807, 2.05) is 24.4 Å². The molecule has 1 aromatic heterocycles. The molecule has 0 saturated carbocycles. The van der Waals surface area contributed by atoms with Crippen LogP contribution in [0.1, 0.15) is 24.8 Å². The second-order valence-electron chi connectivity index (χ2n) is 7.51. The number of hydrogen-bond acceptors (Lipinski definition) is 4. The van der Waals surface area contributed by atoms with E-state index in [4.69, 9.17) is 4.74 Å². The molecule has 28 heavy (non-hydrogen) atoms. The Labute approximate surface area is 166 Å². The fourth-order valence-electron chi connectivity index (χ4n) is 3.93. The van der Waals surface area contributed by atoms with Crippen LogP contribution in [0.2, 0.25) is 0 Å². The highest BCUT2D eigenvalue weighted by Crippen LogP contribution is 2.29. The van der Waals surface area contributed by atoms with Crippen molar-refractivity contribution in [3.05, 3.63) is 60.3 Å². The average molecular weight is 374 g/mol. The summed E-state index contributed by atoms with van der Waals surface area (Å²) in [6, 6.07) is 16.7. The lowest BCUT2D eigenvalue weighted by Crippen LogP contribution is -2.38. The SMILES string of the molecule is Cc1cc(OC2CCN(CCC=O)CC2)ccc1-c1cnc2ccccc2c1. The molecule has 3 aromatic rings. The van der Waals surface area contributed by atoms with E-state index in [9.17, 15) is 4.79 Å². The number of nitrogens with zero attached hydrogens (tertiary/aromatic N) is 2. The number of aromatic nitrogens is 1. The number of carbonyl (C=O) groups is 1. The number of fused-ring (bicyclic) bond motifs is 1. The maximum Gasteiger partial charge on any atom is 0.121 e. The number of carbonyl (C=O) groups excluding carboxylic acids is 1. The first kappa shape index (κ1) is 18.6. The molecule has 1 saturated heterocycles. The molecule has 144 valence electrons. The number of likely N-dealkylation sites (tertiary alicyclic amines) is 1. The maximum atomic E-state index is 10.5. The Hall–Kier alpha value is -2.72. The highest BCUT2D eigenvalue weighted by molar-refractivity contribution is 5.84. The van der Waals surface area contributed by atoms with Gasteiger partial charge in [0, 0.05) is 43.2 Å². The molecule has 0 amide bonds. The molecule has 0 aliphatic carbocycles. The normalized spacial score (nSPS) is 15.6. The molecular weight excluding hydrogens is 348 g/mol. The fraction of sp³-hybridized carbons (Fsp3) is 0.333. The van der Waals surface area contributed by atoms with Gasteiger partial charge in [0.15, 0.2) is 0 Å². The zero-order valence-electron chi connectivity index (χ0n) is 16.3. The van der Waals surface area contributed by atoms with Crippen molar-refractivity contribution in [3.8, 4) is 16.9 Å². The van der Waals surface area contributed by atoms with Gasteiger partial charge in [-0.15, -0.1) is 0 Å². The van der Waals surface area contributed by atoms with Gasteiger partial charge in [-0.25, -0.2) is 0 Å². The molecular formula is C24H26N2O2. The monoisotopic (exact) mass is 374 g/mol. The second-order valence-corrected chi connectivity index (χ2v) is 7.51. The van der Waals surface area contributed by atoms with Crippen LogP contribution in [0.3, 0.4) is 0 Å². The van der Waals surface area contributed by atoms with Gasteiger partial charge in [-0.1, -0.05) is 24.3 Å². The van der Waals surface area contributed by atoms with Crippen molar-refractivity contribution in [1.29, 1.82) is 0 Å². The van der Waals surface area contributed by atoms with E-state index in [0.717, 1.165) is 61.0 Å². The van der Waals surface area contributed by atoms with Crippen LogP contribution in [0.5, 0.6) is 5.75 Å². The van der Waals surface area contributed by atoms with E-state index in [1.165, 1.54) is 11.1 Å². The number of aldehydes is 1. The number of piperidine rings is 1. The van der Waals surface area contributed by atoms with Crippen LogP contribution < -0.4 is 4.74 Å². The summed E-state index contributed by atoms with van der Waals surface area (Å²) in [6.45, 7) is 4.99. The zero-order valence-corrected chi connectivity index (χ0v) is 16.3. The summed E-state index contributed by atoms with van der Waals surface area (Å²) in [7, 11) is 0.